The molecule has 2 aromatic carbocycles. The third kappa shape index (κ3) is 4.67. The van der Waals surface area contributed by atoms with Crippen molar-refractivity contribution in [1.82, 2.24) is 9.97 Å². The van der Waals surface area contributed by atoms with Crippen molar-refractivity contribution in [3.8, 4) is 0 Å². The Morgan fingerprint density at radius 2 is 1.81 bits per heavy atom. The maximum atomic E-state index is 13.3. The molecule has 0 fully saturated rings. The largest absolute Gasteiger partial charge is 0.324 e. The Bertz CT molecular complexity index is 966. The van der Waals surface area contributed by atoms with Crippen LogP contribution in [0.25, 0.3) is 0 Å². The number of aromatic nitrogens is 2. The van der Waals surface area contributed by atoms with Crippen molar-refractivity contribution in [3.63, 3.8) is 0 Å². The van der Waals surface area contributed by atoms with Gasteiger partial charge in [0.2, 0.25) is 5.95 Å². The maximum Gasteiger partial charge on any atom is 0.274 e. The topological polar surface area (TPSA) is 66.9 Å². The van der Waals surface area contributed by atoms with Gasteiger partial charge in [-0.15, -0.1) is 0 Å². The molecule has 0 spiro atoms. The van der Waals surface area contributed by atoms with E-state index in [1.807, 2.05) is 24.3 Å². The van der Waals surface area contributed by atoms with E-state index in [0.29, 0.717) is 11.6 Å². The summed E-state index contributed by atoms with van der Waals surface area (Å²) in [6.45, 7) is 6.37. The van der Waals surface area contributed by atoms with Crippen LogP contribution in [0.3, 0.4) is 0 Å². The second-order valence-electron chi connectivity index (χ2n) is 7.15. The van der Waals surface area contributed by atoms with E-state index in [9.17, 15) is 9.18 Å². The van der Waals surface area contributed by atoms with E-state index in [0.717, 1.165) is 11.3 Å². The van der Waals surface area contributed by atoms with Gasteiger partial charge in [-0.1, -0.05) is 45.0 Å². The van der Waals surface area contributed by atoms with Crippen molar-refractivity contribution in [3.05, 3.63) is 77.9 Å². The van der Waals surface area contributed by atoms with Crippen molar-refractivity contribution >= 4 is 23.2 Å². The lowest BCUT2D eigenvalue weighted by Gasteiger charge is -2.23. The van der Waals surface area contributed by atoms with Crippen LogP contribution in [-0.4, -0.2) is 15.9 Å². The molecule has 6 heteroatoms. The molecule has 1 heterocycles. The average Bonchev–Trinajstić information content (AvgIpc) is 2.61. The zero-order chi connectivity index (χ0) is 19.4. The van der Waals surface area contributed by atoms with Crippen molar-refractivity contribution in [2.24, 2.45) is 0 Å². The summed E-state index contributed by atoms with van der Waals surface area (Å²) in [6.07, 6.45) is 1.51. The van der Waals surface area contributed by atoms with Gasteiger partial charge in [0, 0.05) is 17.6 Å². The summed E-state index contributed by atoms with van der Waals surface area (Å²) >= 11 is 0. The van der Waals surface area contributed by atoms with Crippen LogP contribution < -0.4 is 10.6 Å². The molecule has 0 saturated carbocycles. The van der Waals surface area contributed by atoms with Gasteiger partial charge in [-0.05, 0) is 41.3 Å². The summed E-state index contributed by atoms with van der Waals surface area (Å²) in [5.41, 5.74) is 2.49. The van der Waals surface area contributed by atoms with E-state index in [1.165, 1.54) is 30.5 Å². The van der Waals surface area contributed by atoms with Crippen LogP contribution in [0.2, 0.25) is 0 Å². The number of amides is 1. The molecule has 27 heavy (non-hydrogen) atoms. The standard InChI is InChI=1S/C21H21FN4O/c1-21(2,3)16-9-4-5-10-17(16)25-20-23-12-11-18(26-20)19(27)24-15-8-6-7-14(22)13-15/h4-13H,1-3H3,(H,24,27)(H,23,25,26). The molecule has 0 aliphatic rings. The molecule has 1 amide bonds. The quantitative estimate of drug-likeness (QED) is 0.690. The van der Waals surface area contributed by atoms with E-state index >= 15 is 0 Å². The second-order valence-corrected chi connectivity index (χ2v) is 7.15. The molecule has 3 rings (SSSR count). The summed E-state index contributed by atoms with van der Waals surface area (Å²) < 4.78 is 13.3. The lowest BCUT2D eigenvalue weighted by molar-refractivity contribution is 0.102. The van der Waals surface area contributed by atoms with Gasteiger partial charge in [0.05, 0.1) is 0 Å². The van der Waals surface area contributed by atoms with E-state index in [1.54, 1.807) is 6.07 Å². The Kier molecular flexibility index (Phi) is 5.16. The van der Waals surface area contributed by atoms with Crippen LogP contribution in [-0.2, 0) is 5.41 Å². The van der Waals surface area contributed by atoms with E-state index in [4.69, 9.17) is 0 Å². The minimum absolute atomic E-state index is 0.0596. The molecule has 2 N–H and O–H groups in total. The molecule has 1 aromatic heterocycles. The fourth-order valence-corrected chi connectivity index (χ4v) is 2.67. The monoisotopic (exact) mass is 364 g/mol. The number of carbonyl (C=O) groups excluding carboxylic acids is 1. The first kappa shape index (κ1) is 18.5. The number of anilines is 3. The average molecular weight is 364 g/mol. The SMILES string of the molecule is CC(C)(C)c1ccccc1Nc1nccc(C(=O)Nc2cccc(F)c2)n1. The summed E-state index contributed by atoms with van der Waals surface area (Å²) in [5, 5.41) is 5.81. The van der Waals surface area contributed by atoms with Crippen molar-refractivity contribution in [2.75, 3.05) is 10.6 Å². The highest BCUT2D eigenvalue weighted by atomic mass is 19.1. The molecular formula is C21H21FN4O. The molecule has 0 unspecified atom stereocenters. The number of nitrogens with zero attached hydrogens (tertiary/aromatic N) is 2. The van der Waals surface area contributed by atoms with Crippen molar-refractivity contribution in [1.29, 1.82) is 0 Å². The first-order valence-electron chi connectivity index (χ1n) is 8.59. The molecule has 0 saturated heterocycles. The molecule has 0 aliphatic heterocycles. The van der Waals surface area contributed by atoms with E-state index in [2.05, 4.69) is 41.4 Å². The Labute approximate surface area is 157 Å². The van der Waals surface area contributed by atoms with Gasteiger partial charge in [0.1, 0.15) is 11.5 Å². The Morgan fingerprint density at radius 3 is 2.56 bits per heavy atom. The zero-order valence-corrected chi connectivity index (χ0v) is 15.5. The number of hydrogen-bond acceptors (Lipinski definition) is 4. The first-order valence-corrected chi connectivity index (χ1v) is 8.59. The first-order chi connectivity index (χ1) is 12.8. The molecule has 0 radical (unpaired) electrons. The van der Waals surface area contributed by atoms with Crippen LogP contribution in [0, 0.1) is 5.82 Å². The maximum absolute atomic E-state index is 13.3. The van der Waals surface area contributed by atoms with Crippen LogP contribution in [0.5, 0.6) is 0 Å². The molecule has 3 aromatic rings. The van der Waals surface area contributed by atoms with Crippen LogP contribution >= 0.6 is 0 Å². The fourth-order valence-electron chi connectivity index (χ4n) is 2.67. The Morgan fingerprint density at radius 1 is 1.04 bits per heavy atom. The predicted octanol–water partition coefficient (Wildman–Crippen LogP) is 4.91. The lowest BCUT2D eigenvalue weighted by atomic mass is 9.86. The summed E-state index contributed by atoms with van der Waals surface area (Å²) in [6, 6.07) is 15.1. The minimum atomic E-state index is -0.435. The van der Waals surface area contributed by atoms with Crippen molar-refractivity contribution in [2.45, 2.75) is 26.2 Å². The van der Waals surface area contributed by atoms with E-state index < -0.39 is 11.7 Å². The minimum Gasteiger partial charge on any atom is -0.324 e. The molecule has 5 nitrogen and oxygen atoms in total. The lowest BCUT2D eigenvalue weighted by Crippen LogP contribution is -2.16. The van der Waals surface area contributed by atoms with Gasteiger partial charge >= 0.3 is 0 Å². The zero-order valence-electron chi connectivity index (χ0n) is 15.5. The third-order valence-electron chi connectivity index (χ3n) is 3.95. The van der Waals surface area contributed by atoms with Gasteiger partial charge in [0.15, 0.2) is 0 Å². The third-order valence-corrected chi connectivity index (χ3v) is 3.95. The van der Waals surface area contributed by atoms with Gasteiger partial charge in [-0.2, -0.15) is 0 Å². The second kappa shape index (κ2) is 7.53. The van der Waals surface area contributed by atoms with Gasteiger partial charge in [-0.25, -0.2) is 14.4 Å². The Balaban J connectivity index is 1.81. The summed E-state index contributed by atoms with van der Waals surface area (Å²) in [4.78, 5) is 20.9. The number of para-hydroxylation sites is 1. The number of benzene rings is 2. The highest BCUT2D eigenvalue weighted by Gasteiger charge is 2.18. The van der Waals surface area contributed by atoms with Crippen LogP contribution in [0.4, 0.5) is 21.7 Å². The number of carbonyl (C=O) groups is 1. The highest BCUT2D eigenvalue weighted by Crippen LogP contribution is 2.30. The molecule has 0 atom stereocenters. The summed E-state index contributed by atoms with van der Waals surface area (Å²) in [7, 11) is 0. The fraction of sp³-hybridized carbons (Fsp3) is 0.190. The molecule has 138 valence electrons. The number of halogens is 1. The smallest absolute Gasteiger partial charge is 0.274 e. The van der Waals surface area contributed by atoms with Crippen molar-refractivity contribution < 1.29 is 9.18 Å². The van der Waals surface area contributed by atoms with Gasteiger partial charge < -0.3 is 10.6 Å². The Hall–Kier alpha value is -3.28. The predicted molar refractivity (Wildman–Crippen MR) is 105 cm³/mol. The van der Waals surface area contributed by atoms with Crippen LogP contribution in [0.15, 0.2) is 60.8 Å². The normalized spacial score (nSPS) is 11.1. The van der Waals surface area contributed by atoms with Gasteiger partial charge in [-0.3, -0.25) is 4.79 Å². The molecule has 0 bridgehead atoms. The number of hydrogen-bond donors (Lipinski definition) is 2. The highest BCUT2D eigenvalue weighted by molar-refractivity contribution is 6.03. The summed E-state index contributed by atoms with van der Waals surface area (Å²) in [5.74, 6) is -0.537. The van der Waals surface area contributed by atoms with Crippen LogP contribution in [0.1, 0.15) is 36.8 Å². The molecular weight excluding hydrogens is 343 g/mol. The number of nitrogens with one attached hydrogen (secondary N) is 2. The van der Waals surface area contributed by atoms with Gasteiger partial charge in [0.25, 0.3) is 5.91 Å². The number of rotatable bonds is 4. The van der Waals surface area contributed by atoms with E-state index in [-0.39, 0.29) is 11.1 Å². The molecule has 0 aliphatic carbocycles.